The number of nitrogens with zero attached hydrogens (tertiary/aromatic N) is 2. The number of halogens is 1. The lowest BCUT2D eigenvalue weighted by molar-refractivity contribution is -0.136. The minimum Gasteiger partial charge on any atom is -0.341 e. The Bertz CT molecular complexity index is 1030. The molecule has 2 heterocycles. The summed E-state index contributed by atoms with van der Waals surface area (Å²) < 4.78 is 0.874. The van der Waals surface area contributed by atoms with Crippen LogP contribution in [-0.2, 0) is 4.79 Å². The van der Waals surface area contributed by atoms with Gasteiger partial charge in [-0.25, -0.2) is 0 Å². The molecular weight excluding hydrogens is 494 g/mol. The van der Waals surface area contributed by atoms with Gasteiger partial charge in [0.2, 0.25) is 5.91 Å². The summed E-state index contributed by atoms with van der Waals surface area (Å²) >= 11 is 3.43. The number of aryl methyl sites for hydroxylation is 1. The van der Waals surface area contributed by atoms with E-state index in [2.05, 4.69) is 21.2 Å². The molecule has 0 spiro atoms. The van der Waals surface area contributed by atoms with E-state index in [9.17, 15) is 14.4 Å². The Morgan fingerprint density at radius 3 is 2.21 bits per heavy atom. The molecule has 34 heavy (non-hydrogen) atoms. The van der Waals surface area contributed by atoms with Crippen molar-refractivity contribution in [2.24, 2.45) is 5.92 Å². The Balaban J connectivity index is 1.46. The average Bonchev–Trinajstić information content (AvgIpc) is 2.87. The van der Waals surface area contributed by atoms with Crippen LogP contribution in [0.15, 0.2) is 53.0 Å². The molecule has 6 nitrogen and oxygen atoms in total. The third-order valence-corrected chi connectivity index (χ3v) is 7.40. The molecule has 2 saturated heterocycles. The Labute approximate surface area is 209 Å². The summed E-state index contributed by atoms with van der Waals surface area (Å²) in [5, 5.41) is 3.06. The van der Waals surface area contributed by atoms with Crippen molar-refractivity contribution in [2.75, 3.05) is 26.2 Å². The first kappa shape index (κ1) is 24.5. The van der Waals surface area contributed by atoms with Crippen molar-refractivity contribution in [3.63, 3.8) is 0 Å². The lowest BCUT2D eigenvalue weighted by Crippen LogP contribution is -2.55. The zero-order valence-electron chi connectivity index (χ0n) is 19.6. The third kappa shape index (κ3) is 5.87. The van der Waals surface area contributed by atoms with Crippen LogP contribution in [0.25, 0.3) is 0 Å². The van der Waals surface area contributed by atoms with Crippen LogP contribution in [0, 0.1) is 12.8 Å². The number of carbonyl (C=O) groups is 3. The van der Waals surface area contributed by atoms with Gasteiger partial charge in [-0.15, -0.1) is 0 Å². The third-order valence-electron chi connectivity index (χ3n) is 6.90. The highest BCUT2D eigenvalue weighted by atomic mass is 79.9. The summed E-state index contributed by atoms with van der Waals surface area (Å²) in [7, 11) is 0. The maximum Gasteiger partial charge on any atom is 0.253 e. The van der Waals surface area contributed by atoms with E-state index in [-0.39, 0.29) is 23.6 Å². The molecule has 0 saturated carbocycles. The number of rotatable bonds is 5. The second kappa shape index (κ2) is 11.2. The molecule has 1 N–H and O–H groups in total. The molecule has 2 aromatic carbocycles. The Hall–Kier alpha value is -2.67. The fraction of sp³-hybridized carbons (Fsp3) is 0.444. The zero-order valence-corrected chi connectivity index (χ0v) is 21.2. The molecular formula is C27H32BrN3O3. The maximum atomic E-state index is 13.5. The summed E-state index contributed by atoms with van der Waals surface area (Å²) in [5.74, 6) is -0.210. The molecule has 2 aromatic rings. The largest absolute Gasteiger partial charge is 0.341 e. The van der Waals surface area contributed by atoms with E-state index in [0.29, 0.717) is 37.1 Å². The summed E-state index contributed by atoms with van der Waals surface area (Å²) in [4.78, 5) is 43.3. The Morgan fingerprint density at radius 1 is 0.882 bits per heavy atom. The van der Waals surface area contributed by atoms with E-state index in [1.54, 1.807) is 12.1 Å². The number of likely N-dealkylation sites (tertiary alicyclic amines) is 2. The maximum absolute atomic E-state index is 13.5. The van der Waals surface area contributed by atoms with Gasteiger partial charge in [-0.05, 0) is 75.3 Å². The van der Waals surface area contributed by atoms with Gasteiger partial charge in [0.05, 0.1) is 0 Å². The minimum absolute atomic E-state index is 0.00217. The predicted octanol–water partition coefficient (Wildman–Crippen LogP) is 4.42. The SMILES string of the molecule is Cc1ccc(C(=O)N[C@H](C(=O)N2CCCCC2)C2CCN(C(=O)c3cccc(Br)c3)CC2)cc1. The molecule has 4 rings (SSSR count). The molecule has 7 heteroatoms. The molecule has 2 aliphatic heterocycles. The second-order valence-electron chi connectivity index (χ2n) is 9.34. The highest BCUT2D eigenvalue weighted by molar-refractivity contribution is 9.10. The first-order valence-electron chi connectivity index (χ1n) is 12.1. The lowest BCUT2D eigenvalue weighted by Gasteiger charge is -2.38. The molecule has 2 aliphatic rings. The minimum atomic E-state index is -0.574. The van der Waals surface area contributed by atoms with Gasteiger partial charge in [-0.1, -0.05) is 39.7 Å². The molecule has 0 radical (unpaired) electrons. The van der Waals surface area contributed by atoms with Gasteiger partial charge in [-0.2, -0.15) is 0 Å². The molecule has 0 aromatic heterocycles. The lowest BCUT2D eigenvalue weighted by atomic mass is 9.87. The zero-order chi connectivity index (χ0) is 24.1. The van der Waals surface area contributed by atoms with Gasteiger partial charge < -0.3 is 15.1 Å². The van der Waals surface area contributed by atoms with Crippen molar-refractivity contribution < 1.29 is 14.4 Å². The van der Waals surface area contributed by atoms with E-state index < -0.39 is 6.04 Å². The number of nitrogens with one attached hydrogen (secondary N) is 1. The van der Waals surface area contributed by atoms with Crippen LogP contribution < -0.4 is 5.32 Å². The van der Waals surface area contributed by atoms with E-state index >= 15 is 0 Å². The van der Waals surface area contributed by atoms with Crippen molar-refractivity contribution in [2.45, 2.75) is 45.1 Å². The standard InChI is InChI=1S/C27H32BrN3O3/c1-19-8-10-21(11-9-19)25(32)29-24(27(34)30-14-3-2-4-15-30)20-12-16-31(17-13-20)26(33)22-6-5-7-23(28)18-22/h5-11,18,20,24H,2-4,12-17H2,1H3,(H,29,32)/t24-/m0/s1. The Kier molecular flexibility index (Phi) is 8.03. The quantitative estimate of drug-likeness (QED) is 0.627. The van der Waals surface area contributed by atoms with Crippen LogP contribution >= 0.6 is 15.9 Å². The number of amides is 3. The first-order chi connectivity index (χ1) is 16.4. The molecule has 0 bridgehead atoms. The van der Waals surface area contributed by atoms with Crippen molar-refractivity contribution in [3.8, 4) is 0 Å². The predicted molar refractivity (Wildman–Crippen MR) is 136 cm³/mol. The highest BCUT2D eigenvalue weighted by Crippen LogP contribution is 2.25. The molecule has 2 fully saturated rings. The molecule has 0 unspecified atom stereocenters. The van der Waals surface area contributed by atoms with E-state index in [1.807, 2.05) is 53.1 Å². The van der Waals surface area contributed by atoms with Crippen LogP contribution in [0.5, 0.6) is 0 Å². The van der Waals surface area contributed by atoms with Gasteiger partial charge in [0.1, 0.15) is 6.04 Å². The fourth-order valence-electron chi connectivity index (χ4n) is 4.86. The summed E-state index contributed by atoms with van der Waals surface area (Å²) in [5.41, 5.74) is 2.30. The van der Waals surface area contributed by atoms with Gasteiger partial charge in [0.15, 0.2) is 0 Å². The smallest absolute Gasteiger partial charge is 0.253 e. The molecule has 180 valence electrons. The summed E-state index contributed by atoms with van der Waals surface area (Å²) in [6, 6.07) is 14.2. The average molecular weight is 526 g/mol. The van der Waals surface area contributed by atoms with Crippen molar-refractivity contribution in [1.29, 1.82) is 0 Å². The monoisotopic (exact) mass is 525 g/mol. The number of hydrogen-bond donors (Lipinski definition) is 1. The van der Waals surface area contributed by atoms with Crippen LogP contribution in [0.1, 0.15) is 58.4 Å². The second-order valence-corrected chi connectivity index (χ2v) is 10.3. The van der Waals surface area contributed by atoms with E-state index in [0.717, 1.165) is 42.4 Å². The number of carbonyl (C=O) groups excluding carboxylic acids is 3. The summed E-state index contributed by atoms with van der Waals surface area (Å²) in [6.45, 7) is 4.61. The summed E-state index contributed by atoms with van der Waals surface area (Å²) in [6.07, 6.45) is 4.50. The van der Waals surface area contributed by atoms with Gasteiger partial charge in [-0.3, -0.25) is 14.4 Å². The Morgan fingerprint density at radius 2 is 1.56 bits per heavy atom. The van der Waals surface area contributed by atoms with Gasteiger partial charge >= 0.3 is 0 Å². The number of piperidine rings is 2. The van der Waals surface area contributed by atoms with Crippen molar-refractivity contribution >= 4 is 33.7 Å². The number of benzene rings is 2. The van der Waals surface area contributed by atoms with E-state index in [1.165, 1.54) is 0 Å². The van der Waals surface area contributed by atoms with Crippen LogP contribution in [0.3, 0.4) is 0 Å². The van der Waals surface area contributed by atoms with Crippen molar-refractivity contribution in [1.82, 2.24) is 15.1 Å². The molecule has 1 atom stereocenters. The molecule has 3 amide bonds. The van der Waals surface area contributed by atoms with Crippen LogP contribution in [0.2, 0.25) is 0 Å². The first-order valence-corrected chi connectivity index (χ1v) is 12.9. The van der Waals surface area contributed by atoms with Gasteiger partial charge in [0.25, 0.3) is 11.8 Å². The highest BCUT2D eigenvalue weighted by Gasteiger charge is 2.36. The van der Waals surface area contributed by atoms with Gasteiger partial charge in [0, 0.05) is 41.8 Å². The van der Waals surface area contributed by atoms with E-state index in [4.69, 9.17) is 0 Å². The van der Waals surface area contributed by atoms with Crippen LogP contribution in [0.4, 0.5) is 0 Å². The normalized spacial score (nSPS) is 17.8. The number of hydrogen-bond acceptors (Lipinski definition) is 3. The topological polar surface area (TPSA) is 69.7 Å². The fourth-order valence-corrected chi connectivity index (χ4v) is 5.26. The van der Waals surface area contributed by atoms with Crippen molar-refractivity contribution in [3.05, 3.63) is 69.7 Å². The van der Waals surface area contributed by atoms with Crippen LogP contribution in [-0.4, -0.2) is 59.7 Å². The molecule has 0 aliphatic carbocycles.